The van der Waals surface area contributed by atoms with Gasteiger partial charge in [-0.15, -0.1) is 0 Å². The van der Waals surface area contributed by atoms with Gasteiger partial charge in [-0.1, -0.05) is 6.42 Å². The lowest BCUT2D eigenvalue weighted by Crippen LogP contribution is -2.41. The van der Waals surface area contributed by atoms with Crippen molar-refractivity contribution in [3.63, 3.8) is 0 Å². The summed E-state index contributed by atoms with van der Waals surface area (Å²) in [5.74, 6) is 0.681. The van der Waals surface area contributed by atoms with Gasteiger partial charge in [0.2, 0.25) is 5.91 Å². The fourth-order valence-corrected chi connectivity index (χ4v) is 3.26. The lowest BCUT2D eigenvalue weighted by atomic mass is 9.92. The number of carbonyl (C=O) groups excluding carboxylic acids is 1. The topological polar surface area (TPSA) is 52.6 Å². The second-order valence-corrected chi connectivity index (χ2v) is 6.14. The predicted molar refractivity (Wildman–Crippen MR) is 75.9 cm³/mol. The SMILES string of the molecule is CC(O)C1CCN(C(=O)CCC2CCCCN2)CC1. The van der Waals surface area contributed by atoms with Gasteiger partial charge in [0, 0.05) is 25.6 Å². The third-order valence-electron chi connectivity index (χ3n) is 4.69. The summed E-state index contributed by atoms with van der Waals surface area (Å²) in [4.78, 5) is 14.1. The quantitative estimate of drug-likeness (QED) is 0.813. The number of nitrogens with zero attached hydrogens (tertiary/aromatic N) is 1. The number of carbonyl (C=O) groups is 1. The van der Waals surface area contributed by atoms with Gasteiger partial charge in [0.25, 0.3) is 0 Å². The highest BCUT2D eigenvalue weighted by molar-refractivity contribution is 5.76. The van der Waals surface area contributed by atoms with Crippen LogP contribution in [-0.2, 0) is 4.79 Å². The highest BCUT2D eigenvalue weighted by Crippen LogP contribution is 2.21. The van der Waals surface area contributed by atoms with E-state index in [2.05, 4.69) is 5.32 Å². The second kappa shape index (κ2) is 7.25. The molecule has 0 spiro atoms. The van der Waals surface area contributed by atoms with Crippen LogP contribution in [0, 0.1) is 5.92 Å². The van der Waals surface area contributed by atoms with Gasteiger partial charge >= 0.3 is 0 Å². The smallest absolute Gasteiger partial charge is 0.222 e. The average Bonchev–Trinajstić information content (AvgIpc) is 2.46. The Bertz CT molecular complexity index is 280. The number of likely N-dealkylation sites (tertiary alicyclic amines) is 1. The molecule has 4 heteroatoms. The van der Waals surface area contributed by atoms with Crippen molar-refractivity contribution in [2.24, 2.45) is 5.92 Å². The monoisotopic (exact) mass is 268 g/mol. The molecule has 1 amide bonds. The Morgan fingerprint density at radius 2 is 2.05 bits per heavy atom. The van der Waals surface area contributed by atoms with Gasteiger partial charge in [0.1, 0.15) is 0 Å². The third-order valence-corrected chi connectivity index (χ3v) is 4.69. The van der Waals surface area contributed by atoms with Crippen molar-refractivity contribution in [2.45, 2.75) is 64.0 Å². The van der Waals surface area contributed by atoms with Gasteiger partial charge < -0.3 is 15.3 Å². The number of rotatable bonds is 4. The first kappa shape index (κ1) is 14.8. The van der Waals surface area contributed by atoms with Crippen molar-refractivity contribution in [3.8, 4) is 0 Å². The van der Waals surface area contributed by atoms with Gasteiger partial charge in [0.15, 0.2) is 0 Å². The molecule has 0 aromatic heterocycles. The Kier molecular flexibility index (Phi) is 5.64. The van der Waals surface area contributed by atoms with Crippen LogP contribution in [0.25, 0.3) is 0 Å². The van der Waals surface area contributed by atoms with Crippen LogP contribution in [0.15, 0.2) is 0 Å². The van der Waals surface area contributed by atoms with Gasteiger partial charge in [-0.05, 0) is 51.5 Å². The maximum absolute atomic E-state index is 12.2. The molecule has 2 N–H and O–H groups in total. The van der Waals surface area contributed by atoms with Crippen molar-refractivity contribution < 1.29 is 9.90 Å². The summed E-state index contributed by atoms with van der Waals surface area (Å²) in [6.07, 6.45) is 7.12. The average molecular weight is 268 g/mol. The Labute approximate surface area is 116 Å². The molecule has 2 heterocycles. The molecular formula is C15H28N2O2. The Balaban J connectivity index is 1.66. The molecule has 0 aromatic carbocycles. The van der Waals surface area contributed by atoms with E-state index < -0.39 is 0 Å². The lowest BCUT2D eigenvalue weighted by Gasteiger charge is -2.33. The second-order valence-electron chi connectivity index (χ2n) is 6.14. The molecule has 0 aliphatic carbocycles. The first-order valence-electron chi connectivity index (χ1n) is 7.86. The molecule has 2 aliphatic rings. The number of piperidine rings is 2. The van der Waals surface area contributed by atoms with Crippen LogP contribution in [0.2, 0.25) is 0 Å². The Morgan fingerprint density at radius 1 is 1.32 bits per heavy atom. The summed E-state index contributed by atoms with van der Waals surface area (Å²) in [5.41, 5.74) is 0. The summed E-state index contributed by atoms with van der Waals surface area (Å²) in [7, 11) is 0. The van der Waals surface area contributed by atoms with E-state index in [0.717, 1.165) is 38.9 Å². The van der Waals surface area contributed by atoms with Gasteiger partial charge in [-0.2, -0.15) is 0 Å². The van der Waals surface area contributed by atoms with E-state index in [9.17, 15) is 9.90 Å². The first-order valence-corrected chi connectivity index (χ1v) is 7.86. The molecule has 4 nitrogen and oxygen atoms in total. The molecule has 0 radical (unpaired) electrons. The van der Waals surface area contributed by atoms with E-state index >= 15 is 0 Å². The van der Waals surface area contributed by atoms with Crippen molar-refractivity contribution in [3.05, 3.63) is 0 Å². The fraction of sp³-hybridized carbons (Fsp3) is 0.933. The zero-order valence-electron chi connectivity index (χ0n) is 12.1. The zero-order valence-corrected chi connectivity index (χ0v) is 12.1. The molecule has 2 rings (SSSR count). The largest absolute Gasteiger partial charge is 0.393 e. The van der Waals surface area contributed by atoms with Crippen molar-refractivity contribution in [1.82, 2.24) is 10.2 Å². The van der Waals surface area contributed by atoms with Crippen LogP contribution < -0.4 is 5.32 Å². The van der Waals surface area contributed by atoms with Gasteiger partial charge in [0.05, 0.1) is 6.10 Å². The molecule has 2 fully saturated rings. The van der Waals surface area contributed by atoms with Gasteiger partial charge in [-0.25, -0.2) is 0 Å². The Hall–Kier alpha value is -0.610. The summed E-state index contributed by atoms with van der Waals surface area (Å²) < 4.78 is 0. The number of hydrogen-bond donors (Lipinski definition) is 2. The number of nitrogens with one attached hydrogen (secondary N) is 1. The summed E-state index contributed by atoms with van der Waals surface area (Å²) in [6, 6.07) is 0.549. The van der Waals surface area contributed by atoms with Crippen LogP contribution >= 0.6 is 0 Å². The van der Waals surface area contributed by atoms with E-state index in [1.165, 1.54) is 19.3 Å². The van der Waals surface area contributed by atoms with E-state index in [0.29, 0.717) is 24.3 Å². The summed E-state index contributed by atoms with van der Waals surface area (Å²) in [5, 5.41) is 13.1. The molecule has 2 unspecified atom stereocenters. The molecule has 0 saturated carbocycles. The normalized spacial score (nSPS) is 27.3. The van der Waals surface area contributed by atoms with E-state index in [4.69, 9.17) is 0 Å². The first-order chi connectivity index (χ1) is 9.16. The standard InChI is InChI=1S/C15H28N2O2/c1-12(18)13-7-10-17(11-8-13)15(19)6-5-14-4-2-3-9-16-14/h12-14,16,18H,2-11H2,1H3. The maximum atomic E-state index is 12.2. The van der Waals surface area contributed by atoms with Crippen LogP contribution in [0.5, 0.6) is 0 Å². The van der Waals surface area contributed by atoms with Crippen LogP contribution in [0.4, 0.5) is 0 Å². The van der Waals surface area contributed by atoms with Crippen molar-refractivity contribution >= 4 is 5.91 Å². The van der Waals surface area contributed by atoms with Crippen molar-refractivity contribution in [1.29, 1.82) is 0 Å². The summed E-state index contributed by atoms with van der Waals surface area (Å²) >= 11 is 0. The predicted octanol–water partition coefficient (Wildman–Crippen LogP) is 1.53. The molecule has 0 bridgehead atoms. The van der Waals surface area contributed by atoms with Crippen LogP contribution in [0.1, 0.15) is 51.9 Å². The van der Waals surface area contributed by atoms with Gasteiger partial charge in [-0.3, -0.25) is 4.79 Å². The van der Waals surface area contributed by atoms with Crippen LogP contribution in [0.3, 0.4) is 0 Å². The maximum Gasteiger partial charge on any atom is 0.222 e. The number of aliphatic hydroxyl groups is 1. The minimum absolute atomic E-state index is 0.233. The molecule has 110 valence electrons. The minimum atomic E-state index is -0.233. The third kappa shape index (κ3) is 4.46. The molecular weight excluding hydrogens is 240 g/mol. The van der Waals surface area contributed by atoms with E-state index in [1.54, 1.807) is 0 Å². The highest BCUT2D eigenvalue weighted by Gasteiger charge is 2.25. The van der Waals surface area contributed by atoms with E-state index in [-0.39, 0.29) is 6.10 Å². The minimum Gasteiger partial charge on any atom is -0.393 e. The fourth-order valence-electron chi connectivity index (χ4n) is 3.26. The van der Waals surface area contributed by atoms with E-state index in [1.807, 2.05) is 11.8 Å². The number of hydrogen-bond acceptors (Lipinski definition) is 3. The van der Waals surface area contributed by atoms with Crippen molar-refractivity contribution in [2.75, 3.05) is 19.6 Å². The summed E-state index contributed by atoms with van der Waals surface area (Å²) in [6.45, 7) is 4.62. The molecule has 2 atom stereocenters. The number of aliphatic hydroxyl groups excluding tert-OH is 1. The molecule has 2 saturated heterocycles. The van der Waals surface area contributed by atoms with Crippen LogP contribution in [-0.4, -0.2) is 47.7 Å². The number of amides is 1. The Morgan fingerprint density at radius 3 is 2.63 bits per heavy atom. The molecule has 2 aliphatic heterocycles. The highest BCUT2D eigenvalue weighted by atomic mass is 16.3. The molecule has 0 aromatic rings. The zero-order chi connectivity index (χ0) is 13.7. The molecule has 19 heavy (non-hydrogen) atoms. The lowest BCUT2D eigenvalue weighted by molar-refractivity contribution is -0.133.